The van der Waals surface area contributed by atoms with Crippen molar-refractivity contribution < 1.29 is 14.5 Å². The van der Waals surface area contributed by atoms with Gasteiger partial charge in [0, 0.05) is 42.3 Å². The molecule has 1 saturated heterocycles. The Bertz CT molecular complexity index is 692. The second-order valence-corrected chi connectivity index (χ2v) is 6.07. The van der Waals surface area contributed by atoms with Crippen LogP contribution in [0.25, 0.3) is 0 Å². The van der Waals surface area contributed by atoms with Crippen LogP contribution in [0.15, 0.2) is 30.9 Å². The number of carbonyl (C=O) groups is 2. The van der Waals surface area contributed by atoms with E-state index in [-0.39, 0.29) is 35.5 Å². The van der Waals surface area contributed by atoms with Crippen molar-refractivity contribution in [3.05, 3.63) is 51.6 Å². The standard InChI is InChI=1S/C16H18ClN3O4/c1-3-15(21)18-6-7-19(11(2)10-18)16(22)9-12-8-13(17)4-5-14(12)20(23)24/h3-5,8,11H,1,6-7,9-10H2,2H3/t11-/m0/s1. The number of nitrogens with zero attached hydrogens (tertiary/aromatic N) is 3. The lowest BCUT2D eigenvalue weighted by Crippen LogP contribution is -2.55. The number of hydrogen-bond acceptors (Lipinski definition) is 4. The lowest BCUT2D eigenvalue weighted by molar-refractivity contribution is -0.385. The van der Waals surface area contributed by atoms with Gasteiger partial charge in [0.25, 0.3) is 5.69 Å². The van der Waals surface area contributed by atoms with Crippen LogP contribution in [-0.2, 0) is 16.0 Å². The predicted molar refractivity (Wildman–Crippen MR) is 89.8 cm³/mol. The summed E-state index contributed by atoms with van der Waals surface area (Å²) in [6.45, 7) is 6.51. The van der Waals surface area contributed by atoms with Crippen molar-refractivity contribution in [2.45, 2.75) is 19.4 Å². The molecule has 1 heterocycles. The number of halogens is 1. The van der Waals surface area contributed by atoms with Crippen molar-refractivity contribution in [1.82, 2.24) is 9.80 Å². The number of nitro groups is 1. The molecule has 1 atom stereocenters. The maximum atomic E-state index is 12.5. The van der Waals surface area contributed by atoms with Crippen LogP contribution >= 0.6 is 11.6 Å². The number of carbonyl (C=O) groups excluding carboxylic acids is 2. The van der Waals surface area contributed by atoms with Gasteiger partial charge in [-0.3, -0.25) is 19.7 Å². The molecule has 0 spiro atoms. The lowest BCUT2D eigenvalue weighted by atomic mass is 10.1. The van der Waals surface area contributed by atoms with Gasteiger partial charge < -0.3 is 9.80 Å². The van der Waals surface area contributed by atoms with Gasteiger partial charge in [-0.05, 0) is 25.1 Å². The first-order chi connectivity index (χ1) is 11.3. The van der Waals surface area contributed by atoms with Gasteiger partial charge in [-0.1, -0.05) is 18.2 Å². The summed E-state index contributed by atoms with van der Waals surface area (Å²) in [6.07, 6.45) is 1.15. The molecule has 128 valence electrons. The van der Waals surface area contributed by atoms with E-state index in [1.165, 1.54) is 24.3 Å². The number of amides is 2. The molecule has 1 aliphatic heterocycles. The molecule has 0 aliphatic carbocycles. The number of piperazine rings is 1. The van der Waals surface area contributed by atoms with Crippen LogP contribution in [0, 0.1) is 10.1 Å². The fourth-order valence-electron chi connectivity index (χ4n) is 2.80. The van der Waals surface area contributed by atoms with E-state index < -0.39 is 4.92 Å². The minimum absolute atomic E-state index is 0.101. The smallest absolute Gasteiger partial charge is 0.273 e. The molecule has 1 aromatic rings. The Hall–Kier alpha value is -2.41. The maximum Gasteiger partial charge on any atom is 0.273 e. The van der Waals surface area contributed by atoms with Gasteiger partial charge in [-0.15, -0.1) is 0 Å². The fraction of sp³-hybridized carbons (Fsp3) is 0.375. The SMILES string of the molecule is C=CC(=O)N1CCN(C(=O)Cc2cc(Cl)ccc2[N+](=O)[O-])[C@@H](C)C1. The second-order valence-electron chi connectivity index (χ2n) is 5.63. The molecular formula is C16H18ClN3O4. The highest BCUT2D eigenvalue weighted by Gasteiger charge is 2.30. The van der Waals surface area contributed by atoms with E-state index in [1.54, 1.807) is 9.80 Å². The van der Waals surface area contributed by atoms with Crippen LogP contribution in [0.5, 0.6) is 0 Å². The molecule has 8 heteroatoms. The fourth-order valence-corrected chi connectivity index (χ4v) is 2.99. The van der Waals surface area contributed by atoms with E-state index in [0.717, 1.165) is 0 Å². The number of hydrogen-bond donors (Lipinski definition) is 0. The van der Waals surface area contributed by atoms with Gasteiger partial charge in [0.1, 0.15) is 0 Å². The van der Waals surface area contributed by atoms with Gasteiger partial charge in [0.15, 0.2) is 0 Å². The normalized spacial score (nSPS) is 17.5. The van der Waals surface area contributed by atoms with Crippen LogP contribution in [0.4, 0.5) is 5.69 Å². The van der Waals surface area contributed by atoms with Crippen LogP contribution in [0.1, 0.15) is 12.5 Å². The summed E-state index contributed by atoms with van der Waals surface area (Å²) in [5.41, 5.74) is 0.162. The zero-order valence-corrected chi connectivity index (χ0v) is 14.0. The summed E-state index contributed by atoms with van der Waals surface area (Å²) in [5.74, 6) is -0.391. The first-order valence-corrected chi connectivity index (χ1v) is 7.85. The van der Waals surface area contributed by atoms with E-state index in [0.29, 0.717) is 24.7 Å². The Morgan fingerprint density at radius 1 is 1.46 bits per heavy atom. The number of rotatable bonds is 4. The van der Waals surface area contributed by atoms with Crippen molar-refractivity contribution in [3.8, 4) is 0 Å². The van der Waals surface area contributed by atoms with E-state index in [1.807, 2.05) is 6.92 Å². The Labute approximate surface area is 144 Å². The third-order valence-electron chi connectivity index (χ3n) is 4.01. The maximum absolute atomic E-state index is 12.5. The summed E-state index contributed by atoms with van der Waals surface area (Å²) in [6, 6.07) is 4.00. The molecule has 24 heavy (non-hydrogen) atoms. The molecule has 0 radical (unpaired) electrons. The third-order valence-corrected chi connectivity index (χ3v) is 4.25. The highest BCUT2D eigenvalue weighted by atomic mass is 35.5. The molecule has 0 saturated carbocycles. The van der Waals surface area contributed by atoms with E-state index in [9.17, 15) is 19.7 Å². The van der Waals surface area contributed by atoms with Gasteiger partial charge in [-0.25, -0.2) is 0 Å². The molecule has 0 unspecified atom stereocenters. The Morgan fingerprint density at radius 2 is 2.17 bits per heavy atom. The summed E-state index contributed by atoms with van der Waals surface area (Å²) in [4.78, 5) is 38.0. The Balaban J connectivity index is 2.11. The second kappa shape index (κ2) is 7.44. The summed E-state index contributed by atoms with van der Waals surface area (Å²) in [7, 11) is 0. The van der Waals surface area contributed by atoms with Crippen molar-refractivity contribution in [1.29, 1.82) is 0 Å². The summed E-state index contributed by atoms with van der Waals surface area (Å²) >= 11 is 5.89. The summed E-state index contributed by atoms with van der Waals surface area (Å²) < 4.78 is 0. The molecule has 2 amide bonds. The highest BCUT2D eigenvalue weighted by Crippen LogP contribution is 2.24. The molecule has 1 fully saturated rings. The minimum Gasteiger partial charge on any atom is -0.336 e. The third kappa shape index (κ3) is 3.91. The van der Waals surface area contributed by atoms with Gasteiger partial charge in [-0.2, -0.15) is 0 Å². The van der Waals surface area contributed by atoms with Crippen LogP contribution in [0.2, 0.25) is 5.02 Å². The van der Waals surface area contributed by atoms with Gasteiger partial charge in [0.2, 0.25) is 11.8 Å². The first-order valence-electron chi connectivity index (χ1n) is 7.47. The average Bonchev–Trinajstić information content (AvgIpc) is 2.53. The van der Waals surface area contributed by atoms with Crippen LogP contribution < -0.4 is 0 Å². The number of nitro benzene ring substituents is 1. The largest absolute Gasteiger partial charge is 0.336 e. The molecule has 1 aliphatic rings. The van der Waals surface area contributed by atoms with Crippen LogP contribution in [-0.4, -0.2) is 52.2 Å². The molecule has 0 N–H and O–H groups in total. The molecule has 7 nitrogen and oxygen atoms in total. The van der Waals surface area contributed by atoms with E-state index in [4.69, 9.17) is 11.6 Å². The van der Waals surface area contributed by atoms with Crippen molar-refractivity contribution >= 4 is 29.1 Å². The predicted octanol–water partition coefficient (Wildman–Crippen LogP) is 2.04. The molecule has 1 aromatic carbocycles. The lowest BCUT2D eigenvalue weighted by Gasteiger charge is -2.39. The molecule has 0 bridgehead atoms. The summed E-state index contributed by atoms with van der Waals surface area (Å²) in [5, 5.41) is 11.4. The van der Waals surface area contributed by atoms with Crippen molar-refractivity contribution in [2.24, 2.45) is 0 Å². The number of benzene rings is 1. The molecule has 0 aromatic heterocycles. The molecule has 2 rings (SSSR count). The van der Waals surface area contributed by atoms with Crippen LogP contribution in [0.3, 0.4) is 0 Å². The minimum atomic E-state index is -0.525. The van der Waals surface area contributed by atoms with Gasteiger partial charge in [0.05, 0.1) is 11.3 Å². The Kier molecular flexibility index (Phi) is 5.56. The zero-order chi connectivity index (χ0) is 17.9. The molecular weight excluding hydrogens is 334 g/mol. The average molecular weight is 352 g/mol. The van der Waals surface area contributed by atoms with Crippen molar-refractivity contribution in [3.63, 3.8) is 0 Å². The zero-order valence-electron chi connectivity index (χ0n) is 13.3. The quantitative estimate of drug-likeness (QED) is 0.472. The Morgan fingerprint density at radius 3 is 2.75 bits per heavy atom. The van der Waals surface area contributed by atoms with E-state index in [2.05, 4.69) is 6.58 Å². The monoisotopic (exact) mass is 351 g/mol. The van der Waals surface area contributed by atoms with E-state index >= 15 is 0 Å². The van der Waals surface area contributed by atoms with Gasteiger partial charge >= 0.3 is 0 Å². The first kappa shape index (κ1) is 17.9. The van der Waals surface area contributed by atoms with Crippen molar-refractivity contribution in [2.75, 3.05) is 19.6 Å². The topological polar surface area (TPSA) is 83.8 Å². The highest BCUT2D eigenvalue weighted by molar-refractivity contribution is 6.30.